The predicted octanol–water partition coefficient (Wildman–Crippen LogP) is 3.50. The Labute approximate surface area is 160 Å². The number of hydroxylamine groups is 4. The van der Waals surface area contributed by atoms with Crippen LogP contribution in [-0.4, -0.2) is 26.1 Å². The Kier molecular flexibility index (Phi) is 5.82. The standard InChI is InChI=1S/C18H18N4O6/c1-14-19(27-12-15-2-6-17(7-3-15)21(23)24)10-11-20(14)28-13-16-4-8-18(9-5-16)22(25)26/h2-11,14H,12-13H2,1H3. The second-order valence-corrected chi connectivity index (χ2v) is 6.04. The molecule has 0 saturated carbocycles. The van der Waals surface area contributed by atoms with Crippen molar-refractivity contribution in [3.8, 4) is 0 Å². The summed E-state index contributed by atoms with van der Waals surface area (Å²) in [5, 5.41) is 24.6. The van der Waals surface area contributed by atoms with Gasteiger partial charge in [0.25, 0.3) is 11.4 Å². The quantitative estimate of drug-likeness (QED) is 0.501. The Balaban J connectivity index is 1.47. The molecule has 0 saturated heterocycles. The highest BCUT2D eigenvalue weighted by molar-refractivity contribution is 5.33. The van der Waals surface area contributed by atoms with E-state index in [1.165, 1.54) is 24.3 Å². The van der Waals surface area contributed by atoms with Gasteiger partial charge in [-0.3, -0.25) is 29.9 Å². The summed E-state index contributed by atoms with van der Waals surface area (Å²) in [6.07, 6.45) is 3.20. The van der Waals surface area contributed by atoms with Gasteiger partial charge in [0.1, 0.15) is 6.17 Å². The van der Waals surface area contributed by atoms with E-state index in [0.29, 0.717) is 0 Å². The molecule has 2 aromatic rings. The predicted molar refractivity (Wildman–Crippen MR) is 98.1 cm³/mol. The minimum Gasteiger partial charge on any atom is -0.267 e. The largest absolute Gasteiger partial charge is 0.269 e. The first kappa shape index (κ1) is 19.3. The number of non-ortho nitro benzene ring substituents is 2. The van der Waals surface area contributed by atoms with Crippen LogP contribution in [0.15, 0.2) is 60.9 Å². The smallest absolute Gasteiger partial charge is 0.267 e. The van der Waals surface area contributed by atoms with Gasteiger partial charge in [0.15, 0.2) is 0 Å². The van der Waals surface area contributed by atoms with Gasteiger partial charge in [0, 0.05) is 36.7 Å². The van der Waals surface area contributed by atoms with Crippen molar-refractivity contribution in [3.05, 3.63) is 92.3 Å². The molecule has 10 nitrogen and oxygen atoms in total. The molecule has 1 aliphatic heterocycles. The highest BCUT2D eigenvalue weighted by atomic mass is 16.7. The summed E-state index contributed by atoms with van der Waals surface area (Å²) in [6, 6.07) is 12.3. The van der Waals surface area contributed by atoms with Gasteiger partial charge in [-0.25, -0.2) is 10.1 Å². The monoisotopic (exact) mass is 386 g/mol. The number of hydrogen-bond acceptors (Lipinski definition) is 8. The fourth-order valence-electron chi connectivity index (χ4n) is 2.52. The summed E-state index contributed by atoms with van der Waals surface area (Å²) in [7, 11) is 0. The van der Waals surface area contributed by atoms with Crippen LogP contribution in [-0.2, 0) is 22.9 Å². The van der Waals surface area contributed by atoms with Crippen LogP contribution in [0.4, 0.5) is 11.4 Å². The maximum absolute atomic E-state index is 10.7. The van der Waals surface area contributed by atoms with E-state index < -0.39 is 9.85 Å². The maximum atomic E-state index is 10.7. The zero-order valence-electron chi connectivity index (χ0n) is 15.0. The van der Waals surface area contributed by atoms with Crippen LogP contribution in [0.3, 0.4) is 0 Å². The molecular weight excluding hydrogens is 368 g/mol. The summed E-state index contributed by atoms with van der Waals surface area (Å²) in [6.45, 7) is 2.39. The molecule has 0 radical (unpaired) electrons. The number of nitro benzene ring substituents is 2. The van der Waals surface area contributed by atoms with E-state index >= 15 is 0 Å². The average molecular weight is 386 g/mol. The number of nitrogens with zero attached hydrogens (tertiary/aromatic N) is 4. The van der Waals surface area contributed by atoms with Gasteiger partial charge in [0.05, 0.1) is 23.1 Å². The zero-order valence-corrected chi connectivity index (χ0v) is 15.0. The van der Waals surface area contributed by atoms with Crippen molar-refractivity contribution >= 4 is 11.4 Å². The summed E-state index contributed by atoms with van der Waals surface area (Å²) in [5.74, 6) is 0. The molecule has 2 aromatic carbocycles. The van der Waals surface area contributed by atoms with Gasteiger partial charge in [0.2, 0.25) is 0 Å². The molecule has 0 amide bonds. The van der Waals surface area contributed by atoms with Crippen molar-refractivity contribution in [2.75, 3.05) is 0 Å². The highest BCUT2D eigenvalue weighted by Crippen LogP contribution is 2.20. The normalized spacial score (nSPS) is 13.9. The second-order valence-electron chi connectivity index (χ2n) is 6.04. The van der Waals surface area contributed by atoms with Gasteiger partial charge in [-0.1, -0.05) is 0 Å². The first-order valence-corrected chi connectivity index (χ1v) is 8.41. The molecule has 0 aromatic heterocycles. The molecule has 146 valence electrons. The molecule has 3 rings (SSSR count). The van der Waals surface area contributed by atoms with Crippen LogP contribution in [0, 0.1) is 20.2 Å². The van der Waals surface area contributed by atoms with Crippen molar-refractivity contribution in [2.24, 2.45) is 0 Å². The third-order valence-electron chi connectivity index (χ3n) is 4.15. The molecule has 1 heterocycles. The third-order valence-corrected chi connectivity index (χ3v) is 4.15. The summed E-state index contributed by atoms with van der Waals surface area (Å²) in [4.78, 5) is 31.9. The molecular formula is C18H18N4O6. The lowest BCUT2D eigenvalue weighted by Crippen LogP contribution is -2.35. The lowest BCUT2D eigenvalue weighted by molar-refractivity contribution is -0.385. The molecule has 0 bridgehead atoms. The maximum Gasteiger partial charge on any atom is 0.269 e. The Bertz CT molecular complexity index is 797. The number of benzene rings is 2. The molecule has 28 heavy (non-hydrogen) atoms. The minimum absolute atomic E-state index is 0.0315. The van der Waals surface area contributed by atoms with Crippen LogP contribution in [0.1, 0.15) is 18.1 Å². The molecule has 0 fully saturated rings. The Morgan fingerprint density at radius 1 is 0.786 bits per heavy atom. The van der Waals surface area contributed by atoms with Crippen LogP contribution >= 0.6 is 0 Å². The third kappa shape index (κ3) is 4.61. The van der Waals surface area contributed by atoms with Gasteiger partial charge in [-0.05, 0) is 42.3 Å². The van der Waals surface area contributed by atoms with E-state index in [2.05, 4.69) is 0 Å². The molecule has 0 atom stereocenters. The van der Waals surface area contributed by atoms with Crippen LogP contribution in [0.5, 0.6) is 0 Å². The van der Waals surface area contributed by atoms with Crippen molar-refractivity contribution in [3.63, 3.8) is 0 Å². The van der Waals surface area contributed by atoms with E-state index in [0.717, 1.165) is 11.1 Å². The number of rotatable bonds is 8. The van der Waals surface area contributed by atoms with Crippen molar-refractivity contribution in [1.29, 1.82) is 0 Å². The Morgan fingerprint density at radius 3 is 1.46 bits per heavy atom. The summed E-state index contributed by atoms with van der Waals surface area (Å²) >= 11 is 0. The van der Waals surface area contributed by atoms with E-state index in [1.54, 1.807) is 46.8 Å². The lowest BCUT2D eigenvalue weighted by Gasteiger charge is -2.27. The van der Waals surface area contributed by atoms with Crippen LogP contribution in [0.2, 0.25) is 0 Å². The molecule has 0 unspecified atom stereocenters. The molecule has 1 aliphatic rings. The van der Waals surface area contributed by atoms with Gasteiger partial charge < -0.3 is 0 Å². The Hall–Kier alpha value is -3.50. The first-order chi connectivity index (χ1) is 13.4. The molecule has 10 heteroatoms. The van der Waals surface area contributed by atoms with E-state index in [9.17, 15) is 20.2 Å². The van der Waals surface area contributed by atoms with Gasteiger partial charge >= 0.3 is 0 Å². The number of nitro groups is 2. The average Bonchev–Trinajstić information content (AvgIpc) is 3.05. The SMILES string of the molecule is CC1N(OCc2ccc([N+](=O)[O-])cc2)C=CN1OCc1ccc([N+](=O)[O-])cc1. The summed E-state index contributed by atoms with van der Waals surface area (Å²) in [5.41, 5.74) is 1.67. The van der Waals surface area contributed by atoms with E-state index in [1.807, 2.05) is 6.92 Å². The fraction of sp³-hybridized carbons (Fsp3) is 0.222. The van der Waals surface area contributed by atoms with Crippen LogP contribution in [0.25, 0.3) is 0 Å². The topological polar surface area (TPSA) is 111 Å². The first-order valence-electron chi connectivity index (χ1n) is 8.41. The fourth-order valence-corrected chi connectivity index (χ4v) is 2.52. The highest BCUT2D eigenvalue weighted by Gasteiger charge is 2.24. The minimum atomic E-state index is -0.448. The molecule has 0 aliphatic carbocycles. The zero-order chi connectivity index (χ0) is 20.1. The number of hydrogen-bond donors (Lipinski definition) is 0. The van der Waals surface area contributed by atoms with Crippen LogP contribution < -0.4 is 0 Å². The van der Waals surface area contributed by atoms with Gasteiger partial charge in [-0.15, -0.1) is 0 Å². The van der Waals surface area contributed by atoms with Gasteiger partial charge in [-0.2, -0.15) is 0 Å². The molecule has 0 N–H and O–H groups in total. The lowest BCUT2D eigenvalue weighted by atomic mass is 10.2. The second kappa shape index (κ2) is 8.46. The summed E-state index contributed by atoms with van der Waals surface area (Å²) < 4.78 is 0. The van der Waals surface area contributed by atoms with Crippen molar-refractivity contribution in [1.82, 2.24) is 10.1 Å². The van der Waals surface area contributed by atoms with Crippen molar-refractivity contribution in [2.45, 2.75) is 26.3 Å². The Morgan fingerprint density at radius 2 is 1.14 bits per heavy atom. The van der Waals surface area contributed by atoms with E-state index in [4.69, 9.17) is 9.68 Å². The molecule has 0 spiro atoms. The van der Waals surface area contributed by atoms with E-state index in [-0.39, 0.29) is 30.8 Å². The van der Waals surface area contributed by atoms with Crippen molar-refractivity contribution < 1.29 is 19.5 Å².